The van der Waals surface area contributed by atoms with E-state index in [2.05, 4.69) is 9.88 Å². The first kappa shape index (κ1) is 14.9. The maximum Gasteiger partial charge on any atom is 0.182 e. The average molecular weight is 312 g/mol. The molecule has 1 saturated heterocycles. The number of nitrogens with zero attached hydrogens (tertiary/aromatic N) is 1. The lowest BCUT2D eigenvalue weighted by molar-refractivity contribution is 0.0234. The van der Waals surface area contributed by atoms with Crippen LogP contribution in [0.1, 0.15) is 42.2 Å². The van der Waals surface area contributed by atoms with Crippen molar-refractivity contribution in [1.29, 1.82) is 0 Å². The Morgan fingerprint density at radius 3 is 2.87 bits per heavy atom. The summed E-state index contributed by atoms with van der Waals surface area (Å²) >= 11 is 0. The van der Waals surface area contributed by atoms with Gasteiger partial charge in [-0.25, -0.2) is 0 Å². The van der Waals surface area contributed by atoms with Crippen molar-refractivity contribution >= 4 is 16.7 Å². The number of ketones is 1. The van der Waals surface area contributed by atoms with Crippen LogP contribution >= 0.6 is 0 Å². The second kappa shape index (κ2) is 5.18. The third-order valence-corrected chi connectivity index (χ3v) is 5.71. The van der Waals surface area contributed by atoms with Crippen LogP contribution in [0.15, 0.2) is 24.3 Å². The zero-order valence-electron chi connectivity index (χ0n) is 13.8. The number of likely N-dealkylation sites (tertiary alicyclic amines) is 1. The third-order valence-electron chi connectivity index (χ3n) is 5.71. The summed E-state index contributed by atoms with van der Waals surface area (Å²) < 4.78 is 0. The van der Waals surface area contributed by atoms with E-state index >= 15 is 0 Å². The van der Waals surface area contributed by atoms with Crippen molar-refractivity contribution in [2.24, 2.45) is 5.92 Å². The molecule has 0 amide bonds. The van der Waals surface area contributed by atoms with E-state index in [0.717, 1.165) is 48.0 Å². The van der Waals surface area contributed by atoms with Gasteiger partial charge in [-0.3, -0.25) is 9.69 Å². The van der Waals surface area contributed by atoms with Crippen LogP contribution in [0.25, 0.3) is 10.9 Å². The lowest BCUT2D eigenvalue weighted by atomic mass is 9.97. The predicted octanol–water partition coefficient (Wildman–Crippen LogP) is 2.89. The summed E-state index contributed by atoms with van der Waals surface area (Å²) in [6, 6.07) is 7.76. The van der Waals surface area contributed by atoms with Crippen LogP contribution in [-0.2, 0) is 0 Å². The van der Waals surface area contributed by atoms with Gasteiger partial charge in [0.25, 0.3) is 0 Å². The molecule has 1 aromatic heterocycles. The molecular weight excluding hydrogens is 288 g/mol. The predicted molar refractivity (Wildman–Crippen MR) is 90.7 cm³/mol. The molecule has 1 aliphatic heterocycles. The number of hydrogen-bond donors (Lipinski definition) is 2. The minimum absolute atomic E-state index is 0.153. The minimum Gasteiger partial charge on any atom is -0.388 e. The van der Waals surface area contributed by atoms with E-state index in [1.165, 1.54) is 0 Å². The maximum absolute atomic E-state index is 13.1. The van der Waals surface area contributed by atoms with Gasteiger partial charge in [0.1, 0.15) is 0 Å². The maximum atomic E-state index is 13.1. The number of para-hydroxylation sites is 1. The van der Waals surface area contributed by atoms with E-state index in [4.69, 9.17) is 0 Å². The van der Waals surface area contributed by atoms with Gasteiger partial charge < -0.3 is 10.1 Å². The number of carbonyl (C=O) groups is 1. The van der Waals surface area contributed by atoms with Gasteiger partial charge in [0.05, 0.1) is 11.6 Å². The van der Waals surface area contributed by atoms with Gasteiger partial charge in [0, 0.05) is 35.2 Å². The van der Waals surface area contributed by atoms with E-state index < -0.39 is 5.60 Å². The van der Waals surface area contributed by atoms with E-state index in [9.17, 15) is 9.90 Å². The molecule has 2 heterocycles. The Morgan fingerprint density at radius 1 is 1.39 bits per heavy atom. The van der Waals surface area contributed by atoms with Crippen molar-refractivity contribution in [2.75, 3.05) is 13.1 Å². The van der Waals surface area contributed by atoms with Crippen molar-refractivity contribution in [2.45, 2.75) is 44.8 Å². The second-order valence-electron chi connectivity index (χ2n) is 7.31. The fourth-order valence-corrected chi connectivity index (χ4v) is 4.10. The molecule has 23 heavy (non-hydrogen) atoms. The number of nitrogens with one attached hydrogen (secondary N) is 1. The van der Waals surface area contributed by atoms with Gasteiger partial charge in [-0.1, -0.05) is 18.2 Å². The molecule has 2 aromatic rings. The van der Waals surface area contributed by atoms with Crippen LogP contribution in [0.3, 0.4) is 0 Å². The van der Waals surface area contributed by atoms with E-state index in [-0.39, 0.29) is 11.8 Å². The number of carbonyl (C=O) groups excluding carboxylic acids is 1. The Bertz CT molecular complexity index is 762. The number of H-pyrrole nitrogens is 1. The minimum atomic E-state index is -0.566. The van der Waals surface area contributed by atoms with Crippen LogP contribution < -0.4 is 0 Å². The number of fused-ring (bicyclic) bond motifs is 1. The number of aromatic nitrogens is 1. The Balaban J connectivity index is 1.60. The monoisotopic (exact) mass is 312 g/mol. The fraction of sp³-hybridized carbons (Fsp3) is 0.526. The number of hydrogen-bond acceptors (Lipinski definition) is 3. The average Bonchev–Trinajstić information content (AvgIpc) is 3.25. The SMILES string of the molecule is Cc1[nH]c2ccccc2c1C(=O)C(C)N1CCC(O)(C2CC2)C1. The second-order valence-corrected chi connectivity index (χ2v) is 7.31. The Morgan fingerprint density at radius 2 is 2.13 bits per heavy atom. The summed E-state index contributed by atoms with van der Waals surface area (Å²) in [5, 5.41) is 11.7. The van der Waals surface area contributed by atoms with Crippen molar-refractivity contribution in [3.05, 3.63) is 35.5 Å². The molecule has 2 N–H and O–H groups in total. The summed E-state index contributed by atoms with van der Waals surface area (Å²) in [6.07, 6.45) is 3.06. The molecule has 2 fully saturated rings. The Labute approximate surface area is 136 Å². The van der Waals surface area contributed by atoms with Crippen molar-refractivity contribution < 1.29 is 9.90 Å². The van der Waals surface area contributed by atoms with E-state index in [0.29, 0.717) is 12.5 Å². The third kappa shape index (κ3) is 2.41. The van der Waals surface area contributed by atoms with Gasteiger partial charge in [0.15, 0.2) is 5.78 Å². The number of rotatable bonds is 4. The molecule has 4 nitrogen and oxygen atoms in total. The Hall–Kier alpha value is -1.65. The van der Waals surface area contributed by atoms with Crippen LogP contribution in [0.2, 0.25) is 0 Å². The summed E-state index contributed by atoms with van der Waals surface area (Å²) in [5.74, 6) is 0.602. The molecule has 1 aromatic carbocycles. The quantitative estimate of drug-likeness (QED) is 0.854. The zero-order chi connectivity index (χ0) is 16.2. The highest BCUT2D eigenvalue weighted by atomic mass is 16.3. The van der Waals surface area contributed by atoms with Gasteiger partial charge in [-0.05, 0) is 45.1 Å². The van der Waals surface area contributed by atoms with Crippen LogP contribution in [0.4, 0.5) is 0 Å². The number of aryl methyl sites for hydroxylation is 1. The summed E-state index contributed by atoms with van der Waals surface area (Å²) in [5.41, 5.74) is 2.18. The van der Waals surface area contributed by atoms with Crippen LogP contribution in [0.5, 0.6) is 0 Å². The van der Waals surface area contributed by atoms with Gasteiger partial charge in [-0.15, -0.1) is 0 Å². The highest BCUT2D eigenvalue weighted by Crippen LogP contribution is 2.45. The largest absolute Gasteiger partial charge is 0.388 e. The Kier molecular flexibility index (Phi) is 3.36. The van der Waals surface area contributed by atoms with Gasteiger partial charge in [-0.2, -0.15) is 0 Å². The molecule has 1 aliphatic carbocycles. The molecule has 0 radical (unpaired) electrons. The summed E-state index contributed by atoms with van der Waals surface area (Å²) in [7, 11) is 0. The molecule has 1 saturated carbocycles. The summed E-state index contributed by atoms with van der Waals surface area (Å²) in [6.45, 7) is 5.37. The molecule has 4 rings (SSSR count). The zero-order valence-corrected chi connectivity index (χ0v) is 13.8. The van der Waals surface area contributed by atoms with Crippen molar-refractivity contribution in [3.63, 3.8) is 0 Å². The standard InChI is InChI=1S/C19H24N2O2/c1-12-17(15-5-3-4-6-16(15)20-12)18(22)13(2)21-10-9-19(23,11-21)14-7-8-14/h3-6,13-14,20,23H,7-11H2,1-2H3. The van der Waals surface area contributed by atoms with Crippen LogP contribution in [0, 0.1) is 12.8 Å². The number of Topliss-reactive ketones (excluding diaryl/α,β-unsaturated/α-hetero) is 1. The van der Waals surface area contributed by atoms with Crippen molar-refractivity contribution in [3.8, 4) is 0 Å². The van der Waals surface area contributed by atoms with Gasteiger partial charge in [0.2, 0.25) is 0 Å². The molecule has 0 spiro atoms. The lowest BCUT2D eigenvalue weighted by Crippen LogP contribution is -2.42. The first-order chi connectivity index (χ1) is 11.0. The molecule has 122 valence electrons. The normalized spacial score (nSPS) is 26.7. The molecule has 2 atom stereocenters. The van der Waals surface area contributed by atoms with E-state index in [1.807, 2.05) is 38.1 Å². The van der Waals surface area contributed by atoms with Crippen molar-refractivity contribution in [1.82, 2.24) is 9.88 Å². The highest BCUT2D eigenvalue weighted by molar-refractivity contribution is 6.11. The highest BCUT2D eigenvalue weighted by Gasteiger charge is 2.49. The summed E-state index contributed by atoms with van der Waals surface area (Å²) in [4.78, 5) is 18.5. The smallest absolute Gasteiger partial charge is 0.182 e. The van der Waals surface area contributed by atoms with Crippen LogP contribution in [-0.4, -0.2) is 45.5 Å². The first-order valence-corrected chi connectivity index (χ1v) is 8.57. The topological polar surface area (TPSA) is 56.3 Å². The number of aliphatic hydroxyl groups is 1. The van der Waals surface area contributed by atoms with E-state index in [1.54, 1.807) is 0 Å². The number of benzene rings is 1. The molecular formula is C19H24N2O2. The fourth-order valence-electron chi connectivity index (χ4n) is 4.10. The number of β-amino-alcohol motifs (C(OH)–C–C–N with tert-alkyl or cyclic N) is 1. The molecule has 2 unspecified atom stereocenters. The number of aromatic amines is 1. The molecule has 2 aliphatic rings. The first-order valence-electron chi connectivity index (χ1n) is 8.57. The molecule has 4 heteroatoms. The molecule has 0 bridgehead atoms. The van der Waals surface area contributed by atoms with Gasteiger partial charge >= 0.3 is 0 Å². The lowest BCUT2D eigenvalue weighted by Gasteiger charge is -2.26.